The Balaban J connectivity index is 2.01. The minimum absolute atomic E-state index is 0.0771. The predicted molar refractivity (Wildman–Crippen MR) is 51.0 cm³/mol. The van der Waals surface area contributed by atoms with Crippen molar-refractivity contribution < 1.29 is 4.57 Å². The van der Waals surface area contributed by atoms with Gasteiger partial charge in [0.1, 0.15) is 0 Å². The zero-order valence-corrected chi connectivity index (χ0v) is 9.51. The van der Waals surface area contributed by atoms with E-state index in [1.54, 1.807) is 0 Å². The van der Waals surface area contributed by atoms with Gasteiger partial charge in [-0.05, 0) is 27.7 Å². The number of hydrazine groups is 2. The number of rotatable bonds is 3. The van der Waals surface area contributed by atoms with E-state index in [0.717, 1.165) is 13.1 Å². The molecule has 0 aromatic carbocycles. The minimum Gasteiger partial charge on any atom is -0.253 e. The number of hydrogen-bond acceptors (Lipinski definition) is 3. The monoisotopic (exact) mass is 201 g/mol. The van der Waals surface area contributed by atoms with Gasteiger partial charge >= 0.3 is 0 Å². The van der Waals surface area contributed by atoms with Crippen LogP contribution in [0.4, 0.5) is 0 Å². The van der Waals surface area contributed by atoms with Crippen molar-refractivity contribution in [2.75, 3.05) is 13.1 Å². The third-order valence-electron chi connectivity index (χ3n) is 2.77. The van der Waals surface area contributed by atoms with Crippen molar-refractivity contribution >= 4 is 8.61 Å². The van der Waals surface area contributed by atoms with Crippen LogP contribution in [-0.2, 0) is 4.57 Å². The topological polar surface area (TPSA) is 26.3 Å². The van der Waals surface area contributed by atoms with E-state index in [1.807, 2.05) is 4.89 Å². The molecule has 2 saturated heterocycles. The molecule has 0 aliphatic carbocycles. The van der Waals surface area contributed by atoms with E-state index in [4.69, 9.17) is 0 Å². The lowest BCUT2D eigenvalue weighted by molar-refractivity contribution is 0.0134. The maximum Gasteiger partial charge on any atom is 0.280 e. The molecule has 2 heterocycles. The van der Waals surface area contributed by atoms with E-state index in [1.165, 1.54) is 0 Å². The first-order valence-corrected chi connectivity index (χ1v) is 5.33. The molecule has 0 spiro atoms. The van der Waals surface area contributed by atoms with Crippen molar-refractivity contribution in [3.63, 3.8) is 0 Å². The van der Waals surface area contributed by atoms with Crippen molar-refractivity contribution in [1.29, 1.82) is 0 Å². The van der Waals surface area contributed by atoms with Crippen LogP contribution in [-0.4, -0.2) is 39.1 Å². The van der Waals surface area contributed by atoms with Gasteiger partial charge in [0, 0.05) is 24.2 Å². The zero-order valence-electron chi connectivity index (χ0n) is 8.61. The SMILES string of the molecule is CC1(C)CN1N(P=O)N1CC1(C)C. The first-order valence-electron chi connectivity index (χ1n) is 4.57. The summed E-state index contributed by atoms with van der Waals surface area (Å²) >= 11 is 0. The summed E-state index contributed by atoms with van der Waals surface area (Å²) in [5.74, 6) is 0. The molecule has 0 N–H and O–H groups in total. The summed E-state index contributed by atoms with van der Waals surface area (Å²) < 4.78 is 11.0. The van der Waals surface area contributed by atoms with Crippen LogP contribution in [0.5, 0.6) is 0 Å². The third-order valence-corrected chi connectivity index (χ3v) is 3.35. The summed E-state index contributed by atoms with van der Waals surface area (Å²) in [5, 5.41) is 4.24. The van der Waals surface area contributed by atoms with Gasteiger partial charge in [-0.15, -0.1) is 0 Å². The van der Waals surface area contributed by atoms with Gasteiger partial charge in [-0.1, -0.05) is 4.89 Å². The zero-order chi connectivity index (χ0) is 9.85. The molecule has 13 heavy (non-hydrogen) atoms. The summed E-state index contributed by atoms with van der Waals surface area (Å²) in [5.41, 5.74) is 0.381. The molecule has 2 fully saturated rings. The van der Waals surface area contributed by atoms with E-state index in [0.29, 0.717) is 0 Å². The fourth-order valence-electron chi connectivity index (χ4n) is 1.49. The predicted octanol–water partition coefficient (Wildman–Crippen LogP) is 1.51. The van der Waals surface area contributed by atoms with Crippen LogP contribution in [0.25, 0.3) is 0 Å². The highest BCUT2D eigenvalue weighted by molar-refractivity contribution is 7.20. The normalized spacial score (nSPS) is 39.5. The van der Waals surface area contributed by atoms with Crippen molar-refractivity contribution in [3.8, 4) is 0 Å². The van der Waals surface area contributed by atoms with Crippen LogP contribution < -0.4 is 0 Å². The molecule has 0 radical (unpaired) electrons. The van der Waals surface area contributed by atoms with E-state index in [9.17, 15) is 4.57 Å². The van der Waals surface area contributed by atoms with Crippen LogP contribution in [0.2, 0.25) is 0 Å². The lowest BCUT2D eigenvalue weighted by Gasteiger charge is -2.20. The Morgan fingerprint density at radius 1 is 1.08 bits per heavy atom. The van der Waals surface area contributed by atoms with E-state index in [-0.39, 0.29) is 19.7 Å². The molecule has 0 aromatic rings. The highest BCUT2D eigenvalue weighted by atomic mass is 31.1. The Kier molecular flexibility index (Phi) is 1.84. The molecule has 2 aliphatic rings. The second-order valence-corrected chi connectivity index (χ2v) is 5.61. The molecule has 2 rings (SSSR count). The van der Waals surface area contributed by atoms with Crippen molar-refractivity contribution in [2.24, 2.45) is 0 Å². The van der Waals surface area contributed by atoms with Gasteiger partial charge in [0.05, 0.1) is 0 Å². The first-order chi connectivity index (χ1) is 5.88. The van der Waals surface area contributed by atoms with Crippen LogP contribution >= 0.6 is 8.61 Å². The van der Waals surface area contributed by atoms with Gasteiger partial charge in [-0.3, -0.25) is 4.57 Å². The lowest BCUT2D eigenvalue weighted by Crippen LogP contribution is -2.32. The quantitative estimate of drug-likeness (QED) is 0.510. The second-order valence-electron chi connectivity index (χ2n) is 5.09. The molecular formula is C8H16N3OP. The van der Waals surface area contributed by atoms with E-state index in [2.05, 4.69) is 37.7 Å². The molecule has 0 aromatic heterocycles. The summed E-state index contributed by atoms with van der Waals surface area (Å²) in [4.78, 5) is 1.82. The van der Waals surface area contributed by atoms with Gasteiger partial charge in [0.25, 0.3) is 8.61 Å². The number of nitrogens with zero attached hydrogens (tertiary/aromatic N) is 3. The maximum absolute atomic E-state index is 11.0. The highest BCUT2D eigenvalue weighted by Gasteiger charge is 2.57. The van der Waals surface area contributed by atoms with Crippen LogP contribution in [0.3, 0.4) is 0 Å². The Morgan fingerprint density at radius 2 is 1.38 bits per heavy atom. The summed E-state index contributed by atoms with van der Waals surface area (Å²) in [6.45, 7) is 10.6. The molecule has 2 unspecified atom stereocenters. The van der Waals surface area contributed by atoms with Gasteiger partial charge in [0.2, 0.25) is 0 Å². The smallest absolute Gasteiger partial charge is 0.253 e. The first kappa shape index (κ1) is 9.53. The third kappa shape index (κ3) is 1.52. The number of hydrogen-bond donors (Lipinski definition) is 0. The van der Waals surface area contributed by atoms with Crippen molar-refractivity contribution in [3.05, 3.63) is 0 Å². The van der Waals surface area contributed by atoms with E-state index >= 15 is 0 Å². The average molecular weight is 201 g/mol. The van der Waals surface area contributed by atoms with Gasteiger partial charge < -0.3 is 0 Å². The summed E-state index contributed by atoms with van der Waals surface area (Å²) in [6.07, 6.45) is 0. The van der Waals surface area contributed by atoms with Crippen LogP contribution in [0.1, 0.15) is 27.7 Å². The van der Waals surface area contributed by atoms with Gasteiger partial charge in [-0.2, -0.15) is 0 Å². The molecule has 0 saturated carbocycles. The summed E-state index contributed by atoms with van der Waals surface area (Å²) in [6, 6.07) is 0. The molecular weight excluding hydrogens is 185 g/mol. The molecule has 0 bridgehead atoms. The van der Waals surface area contributed by atoms with E-state index < -0.39 is 0 Å². The Hall–Kier alpha value is -0.0200. The van der Waals surface area contributed by atoms with Crippen molar-refractivity contribution in [2.45, 2.75) is 38.8 Å². The molecule has 0 amide bonds. The minimum atomic E-state index is 0.0771. The molecule has 2 aliphatic heterocycles. The maximum atomic E-state index is 11.0. The van der Waals surface area contributed by atoms with Gasteiger partial charge in [0.15, 0.2) is 0 Å². The molecule has 5 heteroatoms. The molecule has 74 valence electrons. The van der Waals surface area contributed by atoms with Gasteiger partial charge in [-0.25, -0.2) is 10.0 Å². The molecule has 4 nitrogen and oxygen atoms in total. The van der Waals surface area contributed by atoms with Crippen LogP contribution in [0.15, 0.2) is 0 Å². The second kappa shape index (κ2) is 2.51. The Bertz CT molecular complexity index is 232. The Labute approximate surface area is 80.7 Å². The Morgan fingerprint density at radius 3 is 1.54 bits per heavy atom. The fraction of sp³-hybridized carbons (Fsp3) is 1.00. The van der Waals surface area contributed by atoms with Crippen LogP contribution in [0, 0.1) is 0 Å². The average Bonchev–Trinajstić information content (AvgIpc) is 2.77. The molecule has 2 atom stereocenters. The lowest BCUT2D eigenvalue weighted by atomic mass is 10.2. The largest absolute Gasteiger partial charge is 0.280 e. The summed E-state index contributed by atoms with van der Waals surface area (Å²) in [7, 11) is 0.0771. The standard InChI is InChI=1S/C8H16N3OP/c1-7(2)5-9(7)11(13-12)10-6-8(10,3)4/h5-6H2,1-4H3. The fourth-order valence-corrected chi connectivity index (χ4v) is 2.28. The highest BCUT2D eigenvalue weighted by Crippen LogP contribution is 2.44. The van der Waals surface area contributed by atoms with Crippen molar-refractivity contribution in [1.82, 2.24) is 14.9 Å².